The summed E-state index contributed by atoms with van der Waals surface area (Å²) >= 11 is 8.99. The fraction of sp³-hybridized carbons (Fsp3) is 0.0625. The van der Waals surface area contributed by atoms with Crippen molar-refractivity contribution in [3.8, 4) is 21.6 Å². The maximum Gasteiger partial charge on any atom is 0.338 e. The first-order chi connectivity index (χ1) is 10.2. The first-order valence-electron chi connectivity index (χ1n) is 6.13. The second kappa shape index (κ2) is 6.02. The van der Waals surface area contributed by atoms with Crippen LogP contribution in [0.2, 0.25) is 4.34 Å². The third kappa shape index (κ3) is 2.75. The van der Waals surface area contributed by atoms with E-state index in [9.17, 15) is 4.79 Å². The molecule has 3 rings (SSSR count). The van der Waals surface area contributed by atoms with Gasteiger partial charge in [-0.15, -0.1) is 22.7 Å². The molecule has 0 spiro atoms. The molecule has 1 aromatic carbocycles. The number of methoxy groups -OCH3 is 1. The Bertz CT molecular complexity index is 789. The Labute approximate surface area is 135 Å². The van der Waals surface area contributed by atoms with Crippen molar-refractivity contribution in [3.05, 3.63) is 57.1 Å². The number of hydrogen-bond donors (Lipinski definition) is 0. The van der Waals surface area contributed by atoms with Crippen molar-refractivity contribution in [2.45, 2.75) is 0 Å². The Morgan fingerprint density at radius 3 is 2.71 bits per heavy atom. The molecule has 0 atom stereocenters. The van der Waals surface area contributed by atoms with Gasteiger partial charge in [-0.25, -0.2) is 4.79 Å². The molecule has 21 heavy (non-hydrogen) atoms. The number of rotatable bonds is 3. The molecule has 0 saturated heterocycles. The Kier molecular flexibility index (Phi) is 4.10. The van der Waals surface area contributed by atoms with Crippen molar-refractivity contribution >= 4 is 40.2 Å². The van der Waals surface area contributed by atoms with Crippen LogP contribution in [0.1, 0.15) is 10.4 Å². The fourth-order valence-corrected chi connectivity index (χ4v) is 3.98. The quantitative estimate of drug-likeness (QED) is 0.601. The van der Waals surface area contributed by atoms with Crippen LogP contribution in [-0.2, 0) is 4.74 Å². The summed E-state index contributed by atoms with van der Waals surface area (Å²) in [7, 11) is 1.39. The third-order valence-corrected chi connectivity index (χ3v) is 4.97. The molecule has 105 valence electrons. The van der Waals surface area contributed by atoms with Crippen molar-refractivity contribution in [3.63, 3.8) is 0 Å². The highest BCUT2D eigenvalue weighted by molar-refractivity contribution is 7.19. The lowest BCUT2D eigenvalue weighted by Crippen LogP contribution is -2.03. The van der Waals surface area contributed by atoms with E-state index in [1.165, 1.54) is 29.8 Å². The van der Waals surface area contributed by atoms with Crippen LogP contribution in [-0.4, -0.2) is 13.1 Å². The highest BCUT2D eigenvalue weighted by Crippen LogP contribution is 2.40. The van der Waals surface area contributed by atoms with Crippen LogP contribution in [0.3, 0.4) is 0 Å². The molecule has 5 heteroatoms. The number of ether oxygens (including phenoxy) is 1. The zero-order valence-corrected chi connectivity index (χ0v) is 13.4. The minimum Gasteiger partial charge on any atom is -0.465 e. The first kappa shape index (κ1) is 14.3. The van der Waals surface area contributed by atoms with Gasteiger partial charge in [0.2, 0.25) is 0 Å². The number of thiophene rings is 2. The smallest absolute Gasteiger partial charge is 0.338 e. The Morgan fingerprint density at radius 2 is 2.00 bits per heavy atom. The highest BCUT2D eigenvalue weighted by Gasteiger charge is 2.17. The fourth-order valence-electron chi connectivity index (χ4n) is 2.10. The van der Waals surface area contributed by atoms with Crippen LogP contribution in [0, 0.1) is 5.38 Å². The molecular formula is C16H10ClO2S2. The topological polar surface area (TPSA) is 26.3 Å². The summed E-state index contributed by atoms with van der Waals surface area (Å²) < 4.78 is 5.59. The van der Waals surface area contributed by atoms with Gasteiger partial charge >= 0.3 is 5.97 Å². The van der Waals surface area contributed by atoms with Crippen molar-refractivity contribution in [1.29, 1.82) is 0 Å². The molecule has 0 fully saturated rings. The molecule has 0 saturated carbocycles. The standard InChI is InChI=1S/C16H10ClO2S2/c1-19-16(18)11-5-3-2-4-10(11)12-8-20-9-13(12)14-6-7-15(17)21-14/h2-8H,1H3. The summed E-state index contributed by atoms with van der Waals surface area (Å²) in [5.74, 6) is -0.341. The van der Waals surface area contributed by atoms with E-state index < -0.39 is 0 Å². The van der Waals surface area contributed by atoms with E-state index in [1.807, 2.05) is 35.7 Å². The summed E-state index contributed by atoms with van der Waals surface area (Å²) in [4.78, 5) is 13.0. The second-order valence-corrected chi connectivity index (χ2v) is 6.66. The summed E-state index contributed by atoms with van der Waals surface area (Å²) in [5.41, 5.74) is 3.34. The summed E-state index contributed by atoms with van der Waals surface area (Å²) in [5, 5.41) is 5.25. The molecule has 0 bridgehead atoms. The van der Waals surface area contributed by atoms with Crippen LogP contribution < -0.4 is 0 Å². The second-order valence-electron chi connectivity index (χ2n) is 4.27. The van der Waals surface area contributed by atoms with Crippen molar-refractivity contribution < 1.29 is 9.53 Å². The average Bonchev–Trinajstić information content (AvgIpc) is 3.14. The van der Waals surface area contributed by atoms with Gasteiger partial charge in [0.05, 0.1) is 22.4 Å². The number of hydrogen-bond acceptors (Lipinski definition) is 4. The molecule has 2 nitrogen and oxygen atoms in total. The van der Waals surface area contributed by atoms with Crippen molar-refractivity contribution in [2.75, 3.05) is 7.11 Å². The Balaban J connectivity index is 2.15. The van der Waals surface area contributed by atoms with Crippen LogP contribution >= 0.6 is 34.3 Å². The lowest BCUT2D eigenvalue weighted by molar-refractivity contribution is 0.0601. The number of esters is 1. The van der Waals surface area contributed by atoms with E-state index in [4.69, 9.17) is 16.3 Å². The molecule has 0 aliphatic heterocycles. The first-order valence-corrected chi connectivity index (χ1v) is 8.20. The van der Waals surface area contributed by atoms with Crippen LogP contribution in [0.25, 0.3) is 21.6 Å². The van der Waals surface area contributed by atoms with Crippen LogP contribution in [0.5, 0.6) is 0 Å². The van der Waals surface area contributed by atoms with E-state index in [-0.39, 0.29) is 5.97 Å². The van der Waals surface area contributed by atoms with Gasteiger partial charge in [0.1, 0.15) is 0 Å². The number of halogens is 1. The normalized spacial score (nSPS) is 10.6. The van der Waals surface area contributed by atoms with E-state index >= 15 is 0 Å². The SMILES string of the molecule is COC(=O)c1ccccc1-c1cs[c]c1-c1ccc(Cl)s1. The number of carbonyl (C=O) groups excluding carboxylic acids is 1. The maximum atomic E-state index is 11.9. The van der Waals surface area contributed by atoms with Crippen LogP contribution in [0.4, 0.5) is 0 Å². The third-order valence-electron chi connectivity index (χ3n) is 3.05. The zero-order valence-electron chi connectivity index (χ0n) is 11.1. The number of carbonyl (C=O) groups is 1. The minimum atomic E-state index is -0.341. The van der Waals surface area contributed by atoms with Crippen molar-refractivity contribution in [2.24, 2.45) is 0 Å². The van der Waals surface area contributed by atoms with E-state index in [2.05, 4.69) is 5.38 Å². The molecule has 0 aliphatic rings. The van der Waals surface area contributed by atoms with Gasteiger partial charge in [0.25, 0.3) is 0 Å². The lowest BCUT2D eigenvalue weighted by atomic mass is 9.98. The molecule has 0 amide bonds. The molecule has 2 heterocycles. The van der Waals surface area contributed by atoms with E-state index in [1.54, 1.807) is 6.07 Å². The van der Waals surface area contributed by atoms with Crippen LogP contribution in [0.15, 0.2) is 41.8 Å². The van der Waals surface area contributed by atoms with Gasteiger partial charge in [-0.1, -0.05) is 29.8 Å². The molecule has 3 aromatic rings. The molecule has 0 N–H and O–H groups in total. The average molecular weight is 334 g/mol. The predicted molar refractivity (Wildman–Crippen MR) is 88.3 cm³/mol. The van der Waals surface area contributed by atoms with Crippen molar-refractivity contribution in [1.82, 2.24) is 0 Å². The molecule has 0 aliphatic carbocycles. The molecule has 0 unspecified atom stereocenters. The summed E-state index contributed by atoms with van der Waals surface area (Å²) in [6, 6.07) is 11.3. The maximum absolute atomic E-state index is 11.9. The molecule has 1 radical (unpaired) electrons. The minimum absolute atomic E-state index is 0.341. The highest BCUT2D eigenvalue weighted by atomic mass is 35.5. The van der Waals surface area contributed by atoms with Gasteiger partial charge in [0.15, 0.2) is 0 Å². The Morgan fingerprint density at radius 1 is 1.19 bits per heavy atom. The van der Waals surface area contributed by atoms with Gasteiger partial charge < -0.3 is 4.74 Å². The lowest BCUT2D eigenvalue weighted by Gasteiger charge is -2.08. The monoisotopic (exact) mass is 333 g/mol. The Hall–Kier alpha value is -1.62. The zero-order chi connectivity index (χ0) is 14.8. The van der Waals surface area contributed by atoms with Gasteiger partial charge in [-0.05, 0) is 29.1 Å². The van der Waals surface area contributed by atoms with E-state index in [0.717, 1.165) is 25.9 Å². The molecule has 2 aromatic heterocycles. The summed E-state index contributed by atoms with van der Waals surface area (Å²) in [6.45, 7) is 0. The predicted octanol–water partition coefficient (Wildman–Crippen LogP) is 5.38. The summed E-state index contributed by atoms with van der Waals surface area (Å²) in [6.07, 6.45) is 0. The van der Waals surface area contributed by atoms with E-state index in [0.29, 0.717) is 5.56 Å². The molecular weight excluding hydrogens is 324 g/mol. The number of benzene rings is 1. The largest absolute Gasteiger partial charge is 0.465 e. The van der Waals surface area contributed by atoms with Gasteiger partial charge in [-0.3, -0.25) is 0 Å². The van der Waals surface area contributed by atoms with Gasteiger partial charge in [-0.2, -0.15) is 0 Å². The van der Waals surface area contributed by atoms with Gasteiger partial charge in [0, 0.05) is 16.0 Å².